The second-order valence-corrected chi connectivity index (χ2v) is 4.59. The summed E-state index contributed by atoms with van der Waals surface area (Å²) in [7, 11) is 6.28. The van der Waals surface area contributed by atoms with Crippen LogP contribution >= 0.6 is 0 Å². The molecule has 76 valence electrons. The zero-order valence-electron chi connectivity index (χ0n) is 9.62. The first-order valence-electron chi connectivity index (χ1n) is 5.64. The summed E-state index contributed by atoms with van der Waals surface area (Å²) in [5.41, 5.74) is 7.79. The third-order valence-electron chi connectivity index (χ3n) is 3.59. The van der Waals surface area contributed by atoms with Gasteiger partial charge in [0, 0.05) is 0 Å². The fraction of sp³-hybridized carbons (Fsp3) is 0.200. The van der Waals surface area contributed by atoms with Crippen LogP contribution in [0.25, 0.3) is 11.1 Å². The van der Waals surface area contributed by atoms with E-state index in [0.29, 0.717) is 0 Å². The van der Waals surface area contributed by atoms with Crippen molar-refractivity contribution in [2.75, 3.05) is 0 Å². The second-order valence-electron chi connectivity index (χ2n) is 4.59. The van der Waals surface area contributed by atoms with Gasteiger partial charge in [0.1, 0.15) is 0 Å². The van der Waals surface area contributed by atoms with Crippen LogP contribution in [0.2, 0.25) is 0 Å². The lowest BCUT2D eigenvalue weighted by atomic mass is 9.79. The molecule has 0 saturated carbocycles. The van der Waals surface area contributed by atoms with E-state index in [1.165, 1.54) is 33.4 Å². The lowest BCUT2D eigenvalue weighted by Crippen LogP contribution is -1.95. The monoisotopic (exact) mass is 204 g/mol. The number of hydrogen-bond donors (Lipinski definition) is 0. The van der Waals surface area contributed by atoms with Gasteiger partial charge < -0.3 is 0 Å². The lowest BCUT2D eigenvalue weighted by Gasteiger charge is -2.09. The van der Waals surface area contributed by atoms with Gasteiger partial charge in [-0.3, -0.25) is 0 Å². The van der Waals surface area contributed by atoms with Crippen molar-refractivity contribution in [1.29, 1.82) is 0 Å². The van der Waals surface area contributed by atoms with Gasteiger partial charge in [0.25, 0.3) is 0 Å². The molecule has 1 unspecified atom stereocenters. The molecule has 0 bridgehead atoms. The first-order valence-corrected chi connectivity index (χ1v) is 5.64. The number of rotatable bonds is 0. The normalized spacial score (nSPS) is 17.0. The predicted molar refractivity (Wildman–Crippen MR) is 68.9 cm³/mol. The zero-order chi connectivity index (χ0) is 11.3. The predicted octanol–water partition coefficient (Wildman–Crippen LogP) is 3.54. The first-order chi connectivity index (χ1) is 7.68. The SMILES string of the molecule is [B]C1c2ccccc2-c2cc(C)c(C)cc21. The standard InChI is InChI=1S/C15H13B/c1-9-7-13-11-5-3-4-6-12(11)15(16)14(13)8-10(9)2/h3-8,15H,1-2H3. The Morgan fingerprint density at radius 1 is 0.875 bits per heavy atom. The van der Waals surface area contributed by atoms with Gasteiger partial charge in [-0.2, -0.15) is 0 Å². The van der Waals surface area contributed by atoms with Gasteiger partial charge in [0.05, 0.1) is 7.85 Å². The minimum absolute atomic E-state index is 0.0468. The summed E-state index contributed by atoms with van der Waals surface area (Å²) < 4.78 is 0. The van der Waals surface area contributed by atoms with E-state index in [0.717, 1.165) is 0 Å². The number of aryl methyl sites for hydroxylation is 2. The zero-order valence-corrected chi connectivity index (χ0v) is 9.62. The molecule has 0 aromatic heterocycles. The Kier molecular flexibility index (Phi) is 1.97. The molecule has 0 nitrogen and oxygen atoms in total. The average Bonchev–Trinajstić information content (AvgIpc) is 2.55. The molecule has 3 rings (SSSR count). The van der Waals surface area contributed by atoms with Gasteiger partial charge in [-0.15, -0.1) is 0 Å². The topological polar surface area (TPSA) is 0 Å². The Balaban J connectivity index is 2.34. The third kappa shape index (κ3) is 1.18. The van der Waals surface area contributed by atoms with Gasteiger partial charge >= 0.3 is 0 Å². The molecule has 1 atom stereocenters. The Morgan fingerprint density at radius 2 is 1.56 bits per heavy atom. The van der Waals surface area contributed by atoms with Crippen molar-refractivity contribution in [3.8, 4) is 11.1 Å². The van der Waals surface area contributed by atoms with Gasteiger partial charge in [0.2, 0.25) is 0 Å². The van der Waals surface area contributed by atoms with Crippen LogP contribution in [0.1, 0.15) is 28.1 Å². The molecule has 0 N–H and O–H groups in total. The first kappa shape index (κ1) is 9.71. The van der Waals surface area contributed by atoms with Gasteiger partial charge in [-0.1, -0.05) is 36.4 Å². The number of benzene rings is 2. The fourth-order valence-corrected chi connectivity index (χ4v) is 2.51. The summed E-state index contributed by atoms with van der Waals surface area (Å²) in [6.45, 7) is 4.30. The Hall–Kier alpha value is -1.50. The third-order valence-corrected chi connectivity index (χ3v) is 3.59. The molecule has 2 aromatic rings. The molecular weight excluding hydrogens is 191 g/mol. The van der Waals surface area contributed by atoms with Crippen molar-refractivity contribution < 1.29 is 0 Å². The van der Waals surface area contributed by atoms with Crippen LogP contribution in [-0.2, 0) is 0 Å². The van der Waals surface area contributed by atoms with Crippen LogP contribution in [-0.4, -0.2) is 7.85 Å². The Morgan fingerprint density at radius 3 is 2.38 bits per heavy atom. The molecule has 0 amide bonds. The molecule has 16 heavy (non-hydrogen) atoms. The maximum absolute atomic E-state index is 6.28. The van der Waals surface area contributed by atoms with Crippen molar-refractivity contribution in [2.24, 2.45) is 0 Å². The summed E-state index contributed by atoms with van der Waals surface area (Å²) in [4.78, 5) is 0. The van der Waals surface area contributed by atoms with E-state index in [1.54, 1.807) is 0 Å². The van der Waals surface area contributed by atoms with Gasteiger partial charge in [0.15, 0.2) is 0 Å². The van der Waals surface area contributed by atoms with Crippen molar-refractivity contribution in [3.63, 3.8) is 0 Å². The molecule has 1 aliphatic carbocycles. The van der Waals surface area contributed by atoms with Crippen molar-refractivity contribution in [1.82, 2.24) is 0 Å². The lowest BCUT2D eigenvalue weighted by molar-refractivity contribution is 1.18. The smallest absolute Gasteiger partial charge is 0.0620 e. The molecule has 0 spiro atoms. The molecule has 0 fully saturated rings. The van der Waals surface area contributed by atoms with Crippen LogP contribution in [0, 0.1) is 13.8 Å². The second kappa shape index (κ2) is 3.25. The fourth-order valence-electron chi connectivity index (χ4n) is 2.51. The van der Waals surface area contributed by atoms with Crippen molar-refractivity contribution >= 4 is 7.85 Å². The molecule has 1 heteroatoms. The molecule has 2 aromatic carbocycles. The summed E-state index contributed by atoms with van der Waals surface area (Å²) in [5, 5.41) is 0. The highest BCUT2D eigenvalue weighted by atomic mass is 14.3. The largest absolute Gasteiger partial charge is 0.0828 e. The maximum Gasteiger partial charge on any atom is 0.0828 e. The van der Waals surface area contributed by atoms with Crippen molar-refractivity contribution in [3.05, 3.63) is 58.7 Å². The van der Waals surface area contributed by atoms with Crippen molar-refractivity contribution in [2.45, 2.75) is 19.7 Å². The van der Waals surface area contributed by atoms with E-state index in [4.69, 9.17) is 7.85 Å². The minimum Gasteiger partial charge on any atom is -0.0620 e. The highest BCUT2D eigenvalue weighted by Crippen LogP contribution is 2.43. The molecule has 0 saturated heterocycles. The van der Waals surface area contributed by atoms with E-state index >= 15 is 0 Å². The summed E-state index contributed by atoms with van der Waals surface area (Å²) in [6, 6.07) is 12.9. The quantitative estimate of drug-likeness (QED) is 0.575. The number of hydrogen-bond acceptors (Lipinski definition) is 0. The molecule has 2 radical (unpaired) electrons. The molecule has 0 aliphatic heterocycles. The van der Waals surface area contributed by atoms with Gasteiger partial charge in [-0.25, -0.2) is 0 Å². The van der Waals surface area contributed by atoms with Crippen LogP contribution in [0.3, 0.4) is 0 Å². The Bertz CT molecular complexity index is 570. The van der Waals surface area contributed by atoms with E-state index < -0.39 is 0 Å². The summed E-state index contributed by atoms with van der Waals surface area (Å²) in [6.07, 6.45) is 0. The molecular formula is C15H13B. The Labute approximate surface area is 97.7 Å². The van der Waals surface area contributed by atoms with Crippen LogP contribution in [0.15, 0.2) is 36.4 Å². The van der Waals surface area contributed by atoms with Crippen LogP contribution < -0.4 is 0 Å². The highest BCUT2D eigenvalue weighted by Gasteiger charge is 2.24. The number of fused-ring (bicyclic) bond motifs is 3. The molecule has 0 heterocycles. The van der Waals surface area contributed by atoms with Gasteiger partial charge in [-0.05, 0) is 53.0 Å². The van der Waals surface area contributed by atoms with E-state index in [2.05, 4.69) is 50.2 Å². The minimum atomic E-state index is 0.0468. The van der Waals surface area contributed by atoms with E-state index in [9.17, 15) is 0 Å². The van der Waals surface area contributed by atoms with E-state index in [-0.39, 0.29) is 5.82 Å². The van der Waals surface area contributed by atoms with E-state index in [1.807, 2.05) is 0 Å². The highest BCUT2D eigenvalue weighted by molar-refractivity contribution is 6.17. The maximum atomic E-state index is 6.28. The molecule has 1 aliphatic rings. The average molecular weight is 204 g/mol. The van der Waals surface area contributed by atoms with Crippen LogP contribution in [0.4, 0.5) is 0 Å². The summed E-state index contributed by atoms with van der Waals surface area (Å²) >= 11 is 0. The van der Waals surface area contributed by atoms with Crippen LogP contribution in [0.5, 0.6) is 0 Å². The summed E-state index contributed by atoms with van der Waals surface area (Å²) in [5.74, 6) is 0.0468.